The van der Waals surface area contributed by atoms with Crippen molar-refractivity contribution in [1.82, 2.24) is 14.6 Å². The summed E-state index contributed by atoms with van der Waals surface area (Å²) < 4.78 is 26.9. The standard InChI is InChI=1S/C21H22BrClN4O3S/c1-2-31(29,30)20-6-5-15(23)10-19(20)25-27-13-24-18-9-14(12-26-7-3-4-8-26)17(22)11-16(18)21(27)28/h5-6,9-11,13,25H,2-4,7-8,12H2,1H3. The first-order valence-electron chi connectivity index (χ1n) is 10.00. The molecule has 4 rings (SSSR count). The molecule has 164 valence electrons. The van der Waals surface area contributed by atoms with E-state index >= 15 is 0 Å². The van der Waals surface area contributed by atoms with E-state index in [9.17, 15) is 13.2 Å². The zero-order valence-electron chi connectivity index (χ0n) is 16.9. The van der Waals surface area contributed by atoms with Gasteiger partial charge in [0.2, 0.25) is 0 Å². The number of halogens is 2. The second kappa shape index (κ2) is 8.90. The van der Waals surface area contributed by atoms with E-state index in [4.69, 9.17) is 11.6 Å². The van der Waals surface area contributed by atoms with Crippen molar-refractivity contribution < 1.29 is 8.42 Å². The second-order valence-corrected chi connectivity index (χ2v) is 11.1. The molecule has 7 nitrogen and oxygen atoms in total. The fourth-order valence-electron chi connectivity index (χ4n) is 3.71. The third-order valence-corrected chi connectivity index (χ3v) is 8.18. The molecule has 0 bridgehead atoms. The average Bonchev–Trinajstić information content (AvgIpc) is 3.24. The molecule has 2 aromatic carbocycles. The SMILES string of the molecule is CCS(=O)(=O)c1ccc(Cl)cc1Nn1cnc2cc(CN3CCCC3)c(Br)cc2c1=O. The van der Waals surface area contributed by atoms with Gasteiger partial charge in [-0.15, -0.1) is 0 Å². The number of anilines is 1. The fraction of sp³-hybridized carbons (Fsp3) is 0.333. The van der Waals surface area contributed by atoms with Crippen LogP contribution < -0.4 is 11.0 Å². The highest BCUT2D eigenvalue weighted by Crippen LogP contribution is 2.27. The molecule has 1 aliphatic heterocycles. The lowest BCUT2D eigenvalue weighted by molar-refractivity contribution is 0.331. The molecule has 0 radical (unpaired) electrons. The zero-order chi connectivity index (χ0) is 22.2. The topological polar surface area (TPSA) is 84.3 Å². The van der Waals surface area contributed by atoms with Crippen LogP contribution in [-0.2, 0) is 16.4 Å². The summed E-state index contributed by atoms with van der Waals surface area (Å²) in [4.78, 5) is 20.0. The maximum atomic E-state index is 13.1. The quantitative estimate of drug-likeness (QED) is 0.522. The Hall–Kier alpha value is -1.94. The van der Waals surface area contributed by atoms with Crippen LogP contribution in [0.15, 0.2) is 50.8 Å². The van der Waals surface area contributed by atoms with E-state index in [0.717, 1.165) is 29.7 Å². The smallest absolute Gasteiger partial charge is 0.280 e. The third kappa shape index (κ3) is 4.64. The van der Waals surface area contributed by atoms with Crippen molar-refractivity contribution in [3.05, 3.63) is 62.1 Å². The van der Waals surface area contributed by atoms with Crippen molar-refractivity contribution in [3.8, 4) is 0 Å². The first kappa shape index (κ1) is 22.3. The number of rotatable bonds is 6. The number of sulfone groups is 1. The van der Waals surface area contributed by atoms with E-state index in [2.05, 4.69) is 31.2 Å². The lowest BCUT2D eigenvalue weighted by Gasteiger charge is -2.17. The highest BCUT2D eigenvalue weighted by molar-refractivity contribution is 9.10. The van der Waals surface area contributed by atoms with Gasteiger partial charge < -0.3 is 0 Å². The summed E-state index contributed by atoms with van der Waals surface area (Å²) in [6.07, 6.45) is 3.78. The zero-order valence-corrected chi connectivity index (χ0v) is 20.1. The summed E-state index contributed by atoms with van der Waals surface area (Å²) in [6, 6.07) is 8.13. The molecule has 0 unspecified atom stereocenters. The highest BCUT2D eigenvalue weighted by Gasteiger charge is 2.19. The van der Waals surface area contributed by atoms with Gasteiger partial charge in [0.15, 0.2) is 9.84 Å². The van der Waals surface area contributed by atoms with Crippen LogP contribution in [0.5, 0.6) is 0 Å². The number of nitrogens with zero attached hydrogens (tertiary/aromatic N) is 3. The molecule has 1 aromatic heterocycles. The van der Waals surface area contributed by atoms with Gasteiger partial charge in [0.25, 0.3) is 5.56 Å². The molecule has 0 aliphatic carbocycles. The Bertz CT molecular complexity index is 1300. The summed E-state index contributed by atoms with van der Waals surface area (Å²) in [5, 5.41) is 0.780. The first-order chi connectivity index (χ1) is 14.8. The highest BCUT2D eigenvalue weighted by atomic mass is 79.9. The molecule has 0 saturated carbocycles. The van der Waals surface area contributed by atoms with E-state index in [1.165, 1.54) is 42.0 Å². The molecule has 0 atom stereocenters. The Balaban J connectivity index is 1.73. The van der Waals surface area contributed by atoms with Gasteiger partial charge in [-0.1, -0.05) is 34.5 Å². The Labute approximate surface area is 194 Å². The molecule has 1 saturated heterocycles. The van der Waals surface area contributed by atoms with Gasteiger partial charge in [-0.2, -0.15) is 0 Å². The maximum absolute atomic E-state index is 13.1. The van der Waals surface area contributed by atoms with E-state index < -0.39 is 9.84 Å². The van der Waals surface area contributed by atoms with Crippen molar-refractivity contribution in [2.45, 2.75) is 31.2 Å². The lowest BCUT2D eigenvalue weighted by Crippen LogP contribution is -2.27. The third-order valence-electron chi connectivity index (χ3n) is 5.42. The van der Waals surface area contributed by atoms with Crippen molar-refractivity contribution in [2.24, 2.45) is 0 Å². The van der Waals surface area contributed by atoms with Crippen LogP contribution in [0.25, 0.3) is 10.9 Å². The van der Waals surface area contributed by atoms with Crippen molar-refractivity contribution in [2.75, 3.05) is 24.3 Å². The summed E-state index contributed by atoms with van der Waals surface area (Å²) in [6.45, 7) is 4.52. The van der Waals surface area contributed by atoms with Gasteiger partial charge in [0.1, 0.15) is 6.33 Å². The summed E-state index contributed by atoms with van der Waals surface area (Å²) in [7, 11) is -3.51. The molecule has 3 aromatic rings. The predicted octanol–water partition coefficient (Wildman–Crippen LogP) is 4.08. The van der Waals surface area contributed by atoms with Crippen LogP contribution in [0.3, 0.4) is 0 Å². The monoisotopic (exact) mass is 524 g/mol. The van der Waals surface area contributed by atoms with Crippen LogP contribution in [-0.4, -0.2) is 41.8 Å². The lowest BCUT2D eigenvalue weighted by atomic mass is 10.1. The van der Waals surface area contributed by atoms with Gasteiger partial charge in [0, 0.05) is 16.0 Å². The van der Waals surface area contributed by atoms with Crippen LogP contribution in [0.4, 0.5) is 5.69 Å². The van der Waals surface area contributed by atoms with E-state index in [1.54, 1.807) is 13.0 Å². The van der Waals surface area contributed by atoms with Gasteiger partial charge in [0.05, 0.1) is 27.2 Å². The van der Waals surface area contributed by atoms with E-state index in [-0.39, 0.29) is 21.9 Å². The molecule has 1 N–H and O–H groups in total. The van der Waals surface area contributed by atoms with Crippen molar-refractivity contribution in [1.29, 1.82) is 0 Å². The Kier molecular flexibility index (Phi) is 6.39. The first-order valence-corrected chi connectivity index (χ1v) is 12.8. The number of aromatic nitrogens is 2. The Morgan fingerprint density at radius 3 is 2.65 bits per heavy atom. The number of hydrogen-bond donors (Lipinski definition) is 1. The molecule has 0 spiro atoms. The maximum Gasteiger partial charge on any atom is 0.280 e. The van der Waals surface area contributed by atoms with Crippen molar-refractivity contribution >= 4 is 54.0 Å². The molecular weight excluding hydrogens is 504 g/mol. The number of benzene rings is 2. The normalized spacial score (nSPS) is 14.9. The minimum atomic E-state index is -3.51. The summed E-state index contributed by atoms with van der Waals surface area (Å²) in [5.41, 5.74) is 4.42. The van der Waals surface area contributed by atoms with E-state index in [1.807, 2.05) is 6.07 Å². The molecule has 1 aliphatic rings. The van der Waals surface area contributed by atoms with Gasteiger partial charge >= 0.3 is 0 Å². The van der Waals surface area contributed by atoms with Gasteiger partial charge in [-0.3, -0.25) is 15.1 Å². The van der Waals surface area contributed by atoms with Gasteiger partial charge in [-0.25, -0.2) is 18.1 Å². The molecule has 0 amide bonds. The van der Waals surface area contributed by atoms with Crippen LogP contribution in [0.2, 0.25) is 5.02 Å². The van der Waals surface area contributed by atoms with Crippen molar-refractivity contribution in [3.63, 3.8) is 0 Å². The van der Waals surface area contributed by atoms with Crippen LogP contribution >= 0.6 is 27.5 Å². The minimum Gasteiger partial charge on any atom is -0.299 e. The number of likely N-dealkylation sites (tertiary alicyclic amines) is 1. The average molecular weight is 526 g/mol. The molecule has 31 heavy (non-hydrogen) atoms. The number of fused-ring (bicyclic) bond motifs is 1. The van der Waals surface area contributed by atoms with Gasteiger partial charge in [-0.05, 0) is 61.8 Å². The largest absolute Gasteiger partial charge is 0.299 e. The number of nitrogens with one attached hydrogen (secondary N) is 1. The minimum absolute atomic E-state index is 0.0685. The molecule has 10 heteroatoms. The van der Waals surface area contributed by atoms with E-state index in [0.29, 0.717) is 15.9 Å². The predicted molar refractivity (Wildman–Crippen MR) is 126 cm³/mol. The Morgan fingerprint density at radius 2 is 1.94 bits per heavy atom. The van der Waals surface area contributed by atoms with Crippen LogP contribution in [0.1, 0.15) is 25.3 Å². The molecule has 2 heterocycles. The Morgan fingerprint density at radius 1 is 1.19 bits per heavy atom. The fourth-order valence-corrected chi connectivity index (χ4v) is 5.38. The summed E-state index contributed by atoms with van der Waals surface area (Å²) >= 11 is 9.66. The van der Waals surface area contributed by atoms with Crippen LogP contribution in [0, 0.1) is 0 Å². The second-order valence-electron chi connectivity index (χ2n) is 7.52. The summed E-state index contributed by atoms with van der Waals surface area (Å²) in [5.74, 6) is -0.0685. The molecular formula is C21H22BrClN4O3S. The number of hydrogen-bond acceptors (Lipinski definition) is 6. The molecule has 1 fully saturated rings.